The molecule has 0 atom stereocenters. The third-order valence-electron chi connectivity index (χ3n) is 3.09. The second-order valence-electron chi connectivity index (χ2n) is 3.85. The average Bonchev–Trinajstić information content (AvgIpc) is 2.88. The third kappa shape index (κ3) is 1.27. The fourth-order valence-corrected chi connectivity index (χ4v) is 1.87. The minimum Gasteiger partial charge on any atom is -0.364 e. The molecule has 14 heavy (non-hydrogen) atoms. The van der Waals surface area contributed by atoms with Crippen molar-refractivity contribution in [2.75, 3.05) is 0 Å². The smallest absolute Gasteiger partial charge is 0.0472 e. The average molecular weight is 188 g/mol. The first kappa shape index (κ1) is 9.13. The highest BCUT2D eigenvalue weighted by atomic mass is 14.8. The summed E-state index contributed by atoms with van der Waals surface area (Å²) >= 11 is 0. The molecule has 2 aromatic heterocycles. The van der Waals surface area contributed by atoms with Gasteiger partial charge in [-0.25, -0.2) is 0 Å². The lowest BCUT2D eigenvalue weighted by Crippen LogP contribution is -2.23. The third-order valence-corrected chi connectivity index (χ3v) is 3.09. The van der Waals surface area contributed by atoms with E-state index in [1.54, 1.807) is 0 Å². The Kier molecular flexibility index (Phi) is 2.20. The normalized spacial score (nSPS) is 11.9. The lowest BCUT2D eigenvalue weighted by atomic mass is 9.81. The molecule has 0 aliphatic rings. The van der Waals surface area contributed by atoms with Gasteiger partial charge in [0.05, 0.1) is 0 Å². The molecule has 0 aromatic carbocycles. The van der Waals surface area contributed by atoms with Crippen molar-refractivity contribution in [2.45, 2.75) is 25.7 Å². The van der Waals surface area contributed by atoms with Gasteiger partial charge in [0.1, 0.15) is 0 Å². The Bertz CT molecular complexity index is 336. The Balaban J connectivity index is 2.45. The van der Waals surface area contributed by atoms with Crippen LogP contribution >= 0.6 is 0 Å². The van der Waals surface area contributed by atoms with Crippen LogP contribution in [0.25, 0.3) is 0 Å². The molecule has 0 bridgehead atoms. The van der Waals surface area contributed by atoms with E-state index in [1.165, 1.54) is 11.4 Å². The monoisotopic (exact) mass is 188 g/mol. The van der Waals surface area contributed by atoms with Crippen LogP contribution in [0, 0.1) is 0 Å². The van der Waals surface area contributed by atoms with Gasteiger partial charge < -0.3 is 9.97 Å². The van der Waals surface area contributed by atoms with E-state index in [1.807, 2.05) is 24.5 Å². The van der Waals surface area contributed by atoms with Gasteiger partial charge in [0.15, 0.2) is 0 Å². The van der Waals surface area contributed by atoms with Gasteiger partial charge in [-0.1, -0.05) is 6.92 Å². The molecule has 74 valence electrons. The summed E-state index contributed by atoms with van der Waals surface area (Å²) in [4.78, 5) is 6.59. The van der Waals surface area contributed by atoms with Crippen LogP contribution in [0.5, 0.6) is 0 Å². The number of aromatic nitrogens is 2. The van der Waals surface area contributed by atoms with E-state index in [9.17, 15) is 0 Å². The molecule has 2 N–H and O–H groups in total. The summed E-state index contributed by atoms with van der Waals surface area (Å²) in [5.74, 6) is 0. The lowest BCUT2D eigenvalue weighted by Gasteiger charge is -2.26. The van der Waals surface area contributed by atoms with E-state index < -0.39 is 0 Å². The zero-order valence-corrected chi connectivity index (χ0v) is 8.67. The summed E-state index contributed by atoms with van der Waals surface area (Å²) in [5.41, 5.74) is 2.61. The first-order chi connectivity index (χ1) is 6.77. The maximum Gasteiger partial charge on any atom is 0.0472 e. The molecule has 2 heteroatoms. The van der Waals surface area contributed by atoms with Crippen molar-refractivity contribution >= 4 is 0 Å². The van der Waals surface area contributed by atoms with Gasteiger partial charge in [-0.05, 0) is 37.6 Å². The molecule has 2 nitrogen and oxygen atoms in total. The summed E-state index contributed by atoms with van der Waals surface area (Å²) < 4.78 is 0. The molecular formula is C12H16N2. The van der Waals surface area contributed by atoms with Gasteiger partial charge in [-0.2, -0.15) is 0 Å². The molecule has 0 saturated carbocycles. The van der Waals surface area contributed by atoms with Crippen molar-refractivity contribution in [1.82, 2.24) is 9.97 Å². The standard InChI is InChI=1S/C12H16N2/c1-3-12(2,10-6-4-8-13-10)11-7-5-9-14-11/h4-9,13-14H,3H2,1-2H3. The fourth-order valence-electron chi connectivity index (χ4n) is 1.87. The number of rotatable bonds is 3. The minimum absolute atomic E-state index is 0.0764. The minimum atomic E-state index is 0.0764. The lowest BCUT2D eigenvalue weighted by molar-refractivity contribution is 0.522. The fraction of sp³-hybridized carbons (Fsp3) is 0.333. The zero-order chi connectivity index (χ0) is 10.0. The molecular weight excluding hydrogens is 172 g/mol. The van der Waals surface area contributed by atoms with Crippen LogP contribution in [0.3, 0.4) is 0 Å². The largest absolute Gasteiger partial charge is 0.364 e. The molecule has 0 amide bonds. The Morgan fingerprint density at radius 3 is 1.86 bits per heavy atom. The van der Waals surface area contributed by atoms with E-state index in [0.29, 0.717) is 0 Å². The summed E-state index contributed by atoms with van der Waals surface area (Å²) in [6, 6.07) is 8.38. The summed E-state index contributed by atoms with van der Waals surface area (Å²) in [6.07, 6.45) is 5.03. The molecule has 0 spiro atoms. The highest BCUT2D eigenvalue weighted by Gasteiger charge is 2.28. The Hall–Kier alpha value is -1.44. The predicted molar refractivity (Wildman–Crippen MR) is 58.3 cm³/mol. The van der Waals surface area contributed by atoms with Crippen LogP contribution in [0.1, 0.15) is 31.7 Å². The summed E-state index contributed by atoms with van der Waals surface area (Å²) in [7, 11) is 0. The number of nitrogens with one attached hydrogen (secondary N) is 2. The molecule has 0 aliphatic carbocycles. The number of hydrogen-bond donors (Lipinski definition) is 2. The Labute approximate surface area is 84.4 Å². The van der Waals surface area contributed by atoms with Crippen LogP contribution in [-0.4, -0.2) is 9.97 Å². The molecule has 0 saturated heterocycles. The van der Waals surface area contributed by atoms with Crippen LogP contribution in [-0.2, 0) is 5.41 Å². The highest BCUT2D eigenvalue weighted by Crippen LogP contribution is 2.32. The topological polar surface area (TPSA) is 31.6 Å². The van der Waals surface area contributed by atoms with Crippen molar-refractivity contribution in [1.29, 1.82) is 0 Å². The maximum absolute atomic E-state index is 3.30. The van der Waals surface area contributed by atoms with Crippen molar-refractivity contribution < 1.29 is 0 Å². The maximum atomic E-state index is 3.30. The molecule has 0 radical (unpaired) electrons. The van der Waals surface area contributed by atoms with E-state index in [0.717, 1.165) is 6.42 Å². The summed E-state index contributed by atoms with van der Waals surface area (Å²) in [5, 5.41) is 0. The number of hydrogen-bond acceptors (Lipinski definition) is 0. The van der Waals surface area contributed by atoms with Gasteiger partial charge in [0.2, 0.25) is 0 Å². The Morgan fingerprint density at radius 1 is 1.07 bits per heavy atom. The highest BCUT2D eigenvalue weighted by molar-refractivity contribution is 5.30. The molecule has 0 unspecified atom stereocenters. The first-order valence-electron chi connectivity index (χ1n) is 5.05. The molecule has 0 fully saturated rings. The van der Waals surface area contributed by atoms with E-state index in [4.69, 9.17) is 0 Å². The van der Waals surface area contributed by atoms with Gasteiger partial charge in [0, 0.05) is 29.2 Å². The van der Waals surface area contributed by atoms with Crippen LogP contribution < -0.4 is 0 Å². The van der Waals surface area contributed by atoms with Gasteiger partial charge in [-0.3, -0.25) is 0 Å². The van der Waals surface area contributed by atoms with Crippen molar-refractivity contribution in [2.24, 2.45) is 0 Å². The van der Waals surface area contributed by atoms with E-state index in [2.05, 4.69) is 35.9 Å². The number of H-pyrrole nitrogens is 2. The summed E-state index contributed by atoms with van der Waals surface area (Å²) in [6.45, 7) is 4.46. The molecule has 2 heterocycles. The number of aromatic amines is 2. The van der Waals surface area contributed by atoms with Crippen LogP contribution in [0.4, 0.5) is 0 Å². The van der Waals surface area contributed by atoms with Crippen LogP contribution in [0.2, 0.25) is 0 Å². The van der Waals surface area contributed by atoms with E-state index >= 15 is 0 Å². The van der Waals surface area contributed by atoms with Crippen molar-refractivity contribution in [3.8, 4) is 0 Å². The SMILES string of the molecule is CCC(C)(c1ccc[nH]1)c1ccc[nH]1. The quantitative estimate of drug-likeness (QED) is 0.742. The van der Waals surface area contributed by atoms with Crippen molar-refractivity contribution in [3.05, 3.63) is 48.0 Å². The molecule has 0 aliphatic heterocycles. The van der Waals surface area contributed by atoms with E-state index in [-0.39, 0.29) is 5.41 Å². The Morgan fingerprint density at radius 2 is 1.57 bits per heavy atom. The van der Waals surface area contributed by atoms with Crippen LogP contribution in [0.15, 0.2) is 36.7 Å². The second kappa shape index (κ2) is 3.37. The van der Waals surface area contributed by atoms with Gasteiger partial charge in [-0.15, -0.1) is 0 Å². The molecule has 2 rings (SSSR count). The van der Waals surface area contributed by atoms with Gasteiger partial charge >= 0.3 is 0 Å². The van der Waals surface area contributed by atoms with Gasteiger partial charge in [0.25, 0.3) is 0 Å². The second-order valence-corrected chi connectivity index (χ2v) is 3.85. The zero-order valence-electron chi connectivity index (χ0n) is 8.67. The molecule has 2 aromatic rings. The van der Waals surface area contributed by atoms with Crippen molar-refractivity contribution in [3.63, 3.8) is 0 Å². The first-order valence-corrected chi connectivity index (χ1v) is 5.05. The predicted octanol–water partition coefficient (Wildman–Crippen LogP) is 3.06.